The van der Waals surface area contributed by atoms with E-state index in [-0.39, 0.29) is 5.88 Å². The second-order valence-corrected chi connectivity index (χ2v) is 2.46. The Morgan fingerprint density at radius 3 is 2.43 bits per heavy atom. The van der Waals surface area contributed by atoms with Crippen LogP contribution in [0.4, 0.5) is 0 Å². The lowest BCUT2D eigenvalue weighted by Gasteiger charge is -1.86. The second-order valence-electron chi connectivity index (χ2n) is 0.955. The van der Waals surface area contributed by atoms with Crippen LogP contribution in [-0.4, -0.2) is 16.8 Å². The summed E-state index contributed by atoms with van der Waals surface area (Å²) in [7, 11) is -2.63. The predicted molar refractivity (Wildman–Crippen MR) is 25.7 cm³/mol. The van der Waals surface area contributed by atoms with Gasteiger partial charge < -0.3 is 10.00 Å². The summed E-state index contributed by atoms with van der Waals surface area (Å²) >= 11 is 4.98. The molecule has 0 rings (SSSR count). The molecule has 0 fully saturated rings. The Morgan fingerprint density at radius 2 is 2.43 bits per heavy atom. The Bertz CT molecular complexity index is 75.3. The van der Waals surface area contributed by atoms with Gasteiger partial charge in [-0.1, -0.05) is 4.57 Å². The molecule has 2 N–H and O–H groups in total. The highest BCUT2D eigenvalue weighted by Crippen LogP contribution is 2.14. The van der Waals surface area contributed by atoms with E-state index in [4.69, 9.17) is 16.7 Å². The van der Waals surface area contributed by atoms with Gasteiger partial charge in [-0.05, 0) is 0 Å². The normalized spacial score (nSPS) is 16.1. The van der Waals surface area contributed by atoms with Crippen molar-refractivity contribution in [3.8, 4) is 0 Å². The lowest BCUT2D eigenvalue weighted by Crippen LogP contribution is -2.07. The van der Waals surface area contributed by atoms with E-state index in [2.05, 4.69) is 0 Å². The Labute approximate surface area is 46.8 Å². The molecule has 0 amide bonds. The van der Waals surface area contributed by atoms with Crippen molar-refractivity contribution in [2.75, 3.05) is 5.88 Å². The van der Waals surface area contributed by atoms with Crippen LogP contribution < -0.4 is 4.89 Å². The lowest BCUT2D eigenvalue weighted by molar-refractivity contribution is -0.171. The van der Waals surface area contributed by atoms with Crippen LogP contribution in [0.2, 0.25) is 0 Å². The first-order valence-corrected chi connectivity index (χ1v) is 3.37. The van der Waals surface area contributed by atoms with E-state index in [1.165, 1.54) is 0 Å². The van der Waals surface area contributed by atoms with Gasteiger partial charge in [0, 0.05) is 0 Å². The maximum atomic E-state index is 9.70. The maximum Gasteiger partial charge on any atom is 0.398 e. The highest BCUT2D eigenvalue weighted by molar-refractivity contribution is 7.37. The fourth-order valence-corrected chi connectivity index (χ4v) is 0.507. The first kappa shape index (κ1) is 7.31. The molecule has 0 radical (unpaired) electrons. The molecule has 0 saturated carbocycles. The molecule has 0 saturated heterocycles. The van der Waals surface area contributed by atoms with E-state index >= 15 is 0 Å². The van der Waals surface area contributed by atoms with E-state index in [1.807, 2.05) is 0 Å². The van der Waals surface area contributed by atoms with Crippen molar-refractivity contribution >= 4 is 19.6 Å². The maximum absolute atomic E-state index is 9.70. The van der Waals surface area contributed by atoms with E-state index < -0.39 is 13.9 Å². The van der Waals surface area contributed by atoms with Gasteiger partial charge in [-0.15, -0.1) is 11.6 Å². The summed E-state index contributed by atoms with van der Waals surface area (Å²) in [5.74, 6) is -1.27. The topological polar surface area (TPSA) is 63.0 Å². The SMILES string of the molecule is O=[P+]([O-])C([OH2+])CCl. The number of halogens is 1. The standard InChI is InChI=1S/C2H4ClO3P/c3-1-2(4)7(5)6/h2,4H,1H2/p+1. The fourth-order valence-electron chi connectivity index (χ4n) is 0.0563. The van der Waals surface area contributed by atoms with Crippen LogP contribution in [-0.2, 0) is 4.57 Å². The summed E-state index contributed by atoms with van der Waals surface area (Å²) in [6.07, 6.45) is 0. The van der Waals surface area contributed by atoms with E-state index in [9.17, 15) is 9.46 Å². The van der Waals surface area contributed by atoms with Crippen LogP contribution >= 0.6 is 19.6 Å². The highest BCUT2D eigenvalue weighted by Gasteiger charge is 2.19. The Hall–Kier alpha value is 0.310. The van der Waals surface area contributed by atoms with Gasteiger partial charge >= 0.3 is 13.9 Å². The molecule has 0 bridgehead atoms. The molecular formula is C2H5ClO3P+. The fraction of sp³-hybridized carbons (Fsp3) is 1.00. The molecule has 0 aliphatic heterocycles. The minimum atomic E-state index is -2.63. The van der Waals surface area contributed by atoms with Gasteiger partial charge in [-0.2, -0.15) is 0 Å². The third-order valence-electron chi connectivity index (χ3n) is 0.401. The van der Waals surface area contributed by atoms with Crippen LogP contribution in [0.5, 0.6) is 0 Å². The zero-order chi connectivity index (χ0) is 5.86. The monoisotopic (exact) mass is 143 g/mol. The largest absolute Gasteiger partial charge is 0.589 e. The molecule has 0 heterocycles. The smallest absolute Gasteiger partial charge is 0.398 e. The van der Waals surface area contributed by atoms with E-state index in [1.54, 1.807) is 0 Å². The van der Waals surface area contributed by atoms with Crippen molar-refractivity contribution in [2.45, 2.75) is 5.85 Å². The molecule has 2 atom stereocenters. The zero-order valence-electron chi connectivity index (χ0n) is 3.43. The first-order valence-electron chi connectivity index (χ1n) is 1.59. The Kier molecular flexibility index (Phi) is 3.48. The van der Waals surface area contributed by atoms with Gasteiger partial charge in [0.2, 0.25) is 0 Å². The van der Waals surface area contributed by atoms with Crippen LogP contribution in [0.3, 0.4) is 0 Å². The summed E-state index contributed by atoms with van der Waals surface area (Å²) in [4.78, 5) is 9.70. The van der Waals surface area contributed by atoms with Crippen LogP contribution in [0.15, 0.2) is 0 Å². The van der Waals surface area contributed by atoms with Crippen LogP contribution in [0.25, 0.3) is 0 Å². The molecule has 3 nitrogen and oxygen atoms in total. The number of hydrogen-bond acceptors (Lipinski definition) is 2. The molecule has 7 heavy (non-hydrogen) atoms. The van der Waals surface area contributed by atoms with E-state index in [0.29, 0.717) is 0 Å². The third kappa shape index (κ3) is 2.94. The van der Waals surface area contributed by atoms with Gasteiger partial charge in [-0.3, -0.25) is 0 Å². The Balaban J connectivity index is 3.34. The average Bonchev–Trinajstić information content (AvgIpc) is 1.65. The molecule has 0 spiro atoms. The van der Waals surface area contributed by atoms with Crippen molar-refractivity contribution in [3.05, 3.63) is 0 Å². The molecule has 0 aliphatic carbocycles. The quantitative estimate of drug-likeness (QED) is 0.294. The average molecular weight is 143 g/mol. The minimum absolute atomic E-state index is 0.140. The molecule has 5 heteroatoms. The Morgan fingerprint density at radius 1 is 2.00 bits per heavy atom. The van der Waals surface area contributed by atoms with Crippen molar-refractivity contribution in [2.24, 2.45) is 0 Å². The molecule has 0 aromatic rings. The number of alkyl halides is 1. The van der Waals surface area contributed by atoms with Gasteiger partial charge in [0.15, 0.2) is 0 Å². The number of hydrogen-bond donors (Lipinski definition) is 0. The molecule has 0 aromatic heterocycles. The number of rotatable bonds is 2. The predicted octanol–water partition coefficient (Wildman–Crippen LogP) is -0.621. The van der Waals surface area contributed by atoms with Crippen LogP contribution in [0, 0.1) is 0 Å². The van der Waals surface area contributed by atoms with Crippen molar-refractivity contribution in [1.82, 2.24) is 0 Å². The molecule has 0 aliphatic rings. The van der Waals surface area contributed by atoms with Crippen molar-refractivity contribution in [3.63, 3.8) is 0 Å². The second kappa shape index (κ2) is 3.33. The van der Waals surface area contributed by atoms with Gasteiger partial charge in [0.25, 0.3) is 0 Å². The third-order valence-corrected chi connectivity index (χ3v) is 1.62. The lowest BCUT2D eigenvalue weighted by atomic mass is 10.9. The van der Waals surface area contributed by atoms with Gasteiger partial charge in [0.05, 0.1) is 0 Å². The van der Waals surface area contributed by atoms with Crippen molar-refractivity contribution in [1.29, 1.82) is 0 Å². The summed E-state index contributed by atoms with van der Waals surface area (Å²) in [5.41, 5.74) is 0. The minimum Gasteiger partial charge on any atom is -0.589 e. The molecule has 42 valence electrons. The highest BCUT2D eigenvalue weighted by atomic mass is 35.5. The molecule has 0 aromatic carbocycles. The summed E-state index contributed by atoms with van der Waals surface area (Å²) in [5, 5.41) is 6.55. The van der Waals surface area contributed by atoms with Gasteiger partial charge in [0.1, 0.15) is 5.88 Å². The zero-order valence-corrected chi connectivity index (χ0v) is 5.08. The summed E-state index contributed by atoms with van der Waals surface area (Å²) in [6, 6.07) is 0. The van der Waals surface area contributed by atoms with Gasteiger partial charge in [-0.25, -0.2) is 0 Å². The molecule has 2 unspecified atom stereocenters. The first-order chi connectivity index (χ1) is 3.18. The van der Waals surface area contributed by atoms with Crippen LogP contribution in [0.1, 0.15) is 0 Å². The summed E-state index contributed by atoms with van der Waals surface area (Å²) < 4.78 is 9.70. The van der Waals surface area contributed by atoms with Crippen molar-refractivity contribution < 1.29 is 14.6 Å². The van der Waals surface area contributed by atoms with E-state index in [0.717, 1.165) is 0 Å². The summed E-state index contributed by atoms with van der Waals surface area (Å²) in [6.45, 7) is 0. The molecular weight excluding hydrogens is 138 g/mol.